The van der Waals surface area contributed by atoms with Crippen molar-refractivity contribution in [2.45, 2.75) is 43.8 Å². The van der Waals surface area contributed by atoms with Crippen LogP contribution in [0.25, 0.3) is 0 Å². The number of aliphatic hydroxyl groups excluding tert-OH is 1. The molecule has 0 aromatic heterocycles. The van der Waals surface area contributed by atoms with Gasteiger partial charge in [-0.25, -0.2) is 8.42 Å². The predicted octanol–water partition coefficient (Wildman–Crippen LogP) is 0.378. The number of hydrogen-bond acceptors (Lipinski definition) is 4. The topological polar surface area (TPSA) is 82.0 Å². The number of guanidine groups is 1. The lowest BCUT2D eigenvalue weighted by Crippen LogP contribution is -2.60. The smallest absolute Gasteiger partial charge is 0.194 e. The van der Waals surface area contributed by atoms with Crippen molar-refractivity contribution in [1.29, 1.82) is 0 Å². The van der Waals surface area contributed by atoms with Crippen LogP contribution in [0.3, 0.4) is 0 Å². The zero-order chi connectivity index (χ0) is 15.3. The van der Waals surface area contributed by atoms with Crippen molar-refractivity contribution in [3.63, 3.8) is 0 Å². The summed E-state index contributed by atoms with van der Waals surface area (Å²) in [4.78, 5) is 6.43. The van der Waals surface area contributed by atoms with E-state index in [2.05, 4.69) is 15.2 Å². The molecule has 2 N–H and O–H groups in total. The van der Waals surface area contributed by atoms with Gasteiger partial charge in [-0.15, -0.1) is 0 Å². The Hall–Kier alpha value is -0.820. The average molecular weight is 317 g/mol. The van der Waals surface area contributed by atoms with Crippen LogP contribution in [-0.4, -0.2) is 67.7 Å². The molecular formula is C14H27N3O3S. The zero-order valence-corrected chi connectivity index (χ0v) is 13.7. The van der Waals surface area contributed by atoms with E-state index in [1.54, 1.807) is 0 Å². The van der Waals surface area contributed by atoms with Gasteiger partial charge in [-0.2, -0.15) is 0 Å². The van der Waals surface area contributed by atoms with E-state index in [0.717, 1.165) is 44.6 Å². The molecule has 0 atom stereocenters. The first-order valence-corrected chi connectivity index (χ1v) is 9.56. The molecule has 0 radical (unpaired) electrons. The van der Waals surface area contributed by atoms with Crippen LogP contribution >= 0.6 is 0 Å². The summed E-state index contributed by atoms with van der Waals surface area (Å²) in [7, 11) is -3.02. The summed E-state index contributed by atoms with van der Waals surface area (Å²) in [5.41, 5.74) is 0. The maximum atomic E-state index is 12.6. The average Bonchev–Trinajstić information content (AvgIpc) is 2.48. The minimum absolute atomic E-state index is 0.00613. The molecule has 0 unspecified atom stereocenters. The summed E-state index contributed by atoms with van der Waals surface area (Å²) in [6.45, 7) is 4.10. The van der Waals surface area contributed by atoms with E-state index in [1.807, 2.05) is 6.92 Å². The highest BCUT2D eigenvalue weighted by molar-refractivity contribution is 7.92. The largest absolute Gasteiger partial charge is 0.394 e. The summed E-state index contributed by atoms with van der Waals surface area (Å²) in [6.07, 6.45) is 4.67. The lowest BCUT2D eigenvalue weighted by atomic mass is 9.87. The molecule has 1 aliphatic heterocycles. The molecule has 2 rings (SSSR count). The minimum Gasteiger partial charge on any atom is -0.394 e. The van der Waals surface area contributed by atoms with E-state index in [9.17, 15) is 8.42 Å². The van der Waals surface area contributed by atoms with Crippen LogP contribution in [-0.2, 0) is 9.84 Å². The Morgan fingerprint density at radius 3 is 2.67 bits per heavy atom. The molecule has 1 saturated carbocycles. The molecule has 1 aliphatic carbocycles. The molecular weight excluding hydrogens is 290 g/mol. The zero-order valence-electron chi connectivity index (χ0n) is 12.8. The second-order valence-corrected chi connectivity index (χ2v) is 8.45. The van der Waals surface area contributed by atoms with Gasteiger partial charge in [0.2, 0.25) is 0 Å². The molecule has 0 bridgehead atoms. The highest BCUT2D eigenvalue weighted by Gasteiger charge is 2.48. The molecule has 1 heterocycles. The van der Waals surface area contributed by atoms with Crippen LogP contribution in [0, 0.1) is 0 Å². The van der Waals surface area contributed by atoms with E-state index in [-0.39, 0.29) is 12.4 Å². The summed E-state index contributed by atoms with van der Waals surface area (Å²) in [5.74, 6) is 0.933. The fraction of sp³-hybridized carbons (Fsp3) is 0.929. The molecule has 21 heavy (non-hydrogen) atoms. The maximum absolute atomic E-state index is 12.6. The molecule has 122 valence electrons. The summed E-state index contributed by atoms with van der Waals surface area (Å²) < 4.78 is 24.6. The van der Waals surface area contributed by atoms with Crippen LogP contribution in [0.5, 0.6) is 0 Å². The Morgan fingerprint density at radius 1 is 1.33 bits per heavy atom. The van der Waals surface area contributed by atoms with Crippen LogP contribution in [0.1, 0.15) is 39.0 Å². The second kappa shape index (κ2) is 6.96. The van der Waals surface area contributed by atoms with Crippen LogP contribution in [0.15, 0.2) is 4.99 Å². The highest BCUT2D eigenvalue weighted by atomic mass is 32.2. The van der Waals surface area contributed by atoms with Gasteiger partial charge in [-0.3, -0.25) is 4.99 Å². The molecule has 6 nitrogen and oxygen atoms in total. The Balaban J connectivity index is 2.19. The summed E-state index contributed by atoms with van der Waals surface area (Å²) in [5, 5.41) is 12.2. The molecule has 2 fully saturated rings. The molecule has 0 aromatic rings. The number of nitrogens with one attached hydrogen (secondary N) is 1. The molecule has 7 heteroatoms. The quantitative estimate of drug-likeness (QED) is 0.581. The van der Waals surface area contributed by atoms with Crippen molar-refractivity contribution in [1.82, 2.24) is 10.2 Å². The first-order chi connectivity index (χ1) is 10.0. The highest BCUT2D eigenvalue weighted by Crippen LogP contribution is 2.38. The Labute approximate surface area is 127 Å². The van der Waals surface area contributed by atoms with Gasteiger partial charge in [0.05, 0.1) is 23.7 Å². The number of sulfone groups is 1. The molecule has 2 aliphatic rings. The van der Waals surface area contributed by atoms with E-state index < -0.39 is 14.6 Å². The Bertz CT molecular complexity index is 470. The van der Waals surface area contributed by atoms with Crippen LogP contribution in [0.4, 0.5) is 0 Å². The van der Waals surface area contributed by atoms with Crippen LogP contribution < -0.4 is 5.32 Å². The van der Waals surface area contributed by atoms with Gasteiger partial charge in [-0.05, 0) is 19.8 Å². The van der Waals surface area contributed by atoms with Crippen molar-refractivity contribution in [3.8, 4) is 0 Å². The number of rotatable bonds is 3. The van der Waals surface area contributed by atoms with Crippen molar-refractivity contribution < 1.29 is 13.5 Å². The fourth-order valence-electron chi connectivity index (χ4n) is 3.40. The predicted molar refractivity (Wildman–Crippen MR) is 84.2 cm³/mol. The third-order valence-electron chi connectivity index (χ3n) is 4.53. The normalized spacial score (nSPS) is 25.0. The molecule has 1 saturated heterocycles. The van der Waals surface area contributed by atoms with E-state index in [4.69, 9.17) is 5.11 Å². The van der Waals surface area contributed by atoms with E-state index in [0.29, 0.717) is 19.6 Å². The third kappa shape index (κ3) is 3.51. The van der Waals surface area contributed by atoms with Gasteiger partial charge in [0.15, 0.2) is 15.8 Å². The summed E-state index contributed by atoms with van der Waals surface area (Å²) >= 11 is 0. The van der Waals surface area contributed by atoms with E-state index >= 15 is 0 Å². The third-order valence-corrected chi connectivity index (χ3v) is 7.11. The molecule has 1 spiro atoms. The Kier molecular flexibility index (Phi) is 5.48. The lowest BCUT2D eigenvalue weighted by molar-refractivity contribution is 0.272. The molecule has 0 aromatic carbocycles. The maximum Gasteiger partial charge on any atom is 0.194 e. The van der Waals surface area contributed by atoms with Gasteiger partial charge in [-0.1, -0.05) is 19.3 Å². The monoisotopic (exact) mass is 317 g/mol. The van der Waals surface area contributed by atoms with Gasteiger partial charge < -0.3 is 15.3 Å². The molecule has 0 amide bonds. The van der Waals surface area contributed by atoms with Gasteiger partial charge in [0, 0.05) is 19.6 Å². The van der Waals surface area contributed by atoms with Gasteiger partial charge in [0.25, 0.3) is 0 Å². The Morgan fingerprint density at radius 2 is 2.05 bits per heavy atom. The second-order valence-electron chi connectivity index (χ2n) is 5.94. The number of nitrogens with zero attached hydrogens (tertiary/aromatic N) is 2. The van der Waals surface area contributed by atoms with Crippen LogP contribution in [0.2, 0.25) is 0 Å². The number of aliphatic hydroxyl groups is 1. The number of aliphatic imine (C=N–C) groups is 1. The van der Waals surface area contributed by atoms with E-state index in [1.165, 1.54) is 0 Å². The lowest BCUT2D eigenvalue weighted by Gasteiger charge is -2.45. The van der Waals surface area contributed by atoms with Crippen molar-refractivity contribution in [2.75, 3.05) is 38.5 Å². The van der Waals surface area contributed by atoms with Crippen molar-refractivity contribution >= 4 is 15.8 Å². The minimum atomic E-state index is -3.02. The SMILES string of the molecule is CCNC(=NCCO)N1CCS(=O)(=O)C2(CCCCC2)C1. The standard InChI is InChI=1S/C14H27N3O3S/c1-2-15-13(16-8-10-18)17-9-11-21(19,20)14(12-17)6-4-3-5-7-14/h18H,2-12H2,1H3,(H,15,16). The van der Waals surface area contributed by atoms with Gasteiger partial charge in [0.1, 0.15) is 0 Å². The number of hydrogen-bond donors (Lipinski definition) is 2. The van der Waals surface area contributed by atoms with Gasteiger partial charge >= 0.3 is 0 Å². The first kappa shape index (κ1) is 16.5. The fourth-order valence-corrected chi connectivity index (χ4v) is 5.56. The van der Waals surface area contributed by atoms with Crippen molar-refractivity contribution in [2.24, 2.45) is 4.99 Å². The van der Waals surface area contributed by atoms with Crippen molar-refractivity contribution in [3.05, 3.63) is 0 Å². The first-order valence-electron chi connectivity index (χ1n) is 7.91. The summed E-state index contributed by atoms with van der Waals surface area (Å²) in [6, 6.07) is 0.